The number of nitrogens with zero attached hydrogens (tertiary/aromatic N) is 1. The van der Waals surface area contributed by atoms with E-state index in [-0.39, 0.29) is 6.10 Å². The summed E-state index contributed by atoms with van der Waals surface area (Å²) in [7, 11) is 0. The van der Waals surface area contributed by atoms with Crippen LogP contribution in [0.15, 0.2) is 22.7 Å². The Morgan fingerprint density at radius 2 is 1.95 bits per heavy atom. The zero-order chi connectivity index (χ0) is 14.4. The summed E-state index contributed by atoms with van der Waals surface area (Å²) in [4.78, 5) is 0. The molecule has 0 saturated heterocycles. The van der Waals surface area contributed by atoms with Crippen LogP contribution in [0.3, 0.4) is 0 Å². The number of hydrogen-bond donors (Lipinski definition) is 1. The minimum atomic E-state index is -0.303. The molecule has 0 amide bonds. The number of aliphatic hydroxyl groups is 1. The molecule has 106 valence electrons. The number of fused-ring (bicyclic) bond motifs is 1. The van der Waals surface area contributed by atoms with Crippen LogP contribution in [0.4, 0.5) is 0 Å². The highest BCUT2D eigenvalue weighted by Crippen LogP contribution is 2.37. The molecule has 0 spiro atoms. The molecule has 0 aliphatic heterocycles. The van der Waals surface area contributed by atoms with E-state index in [4.69, 9.17) is 0 Å². The maximum Gasteiger partial charge on any atom is 0.0807 e. The van der Waals surface area contributed by atoms with Crippen LogP contribution in [-0.2, 0) is 6.42 Å². The lowest BCUT2D eigenvalue weighted by molar-refractivity contribution is 0.156. The molecule has 2 nitrogen and oxygen atoms in total. The Bertz CT molecular complexity index is 649. The van der Waals surface area contributed by atoms with Gasteiger partial charge in [0.15, 0.2) is 0 Å². The van der Waals surface area contributed by atoms with E-state index >= 15 is 0 Å². The molecule has 1 N–H and O–H groups in total. The first-order chi connectivity index (χ1) is 9.49. The molecule has 0 bridgehead atoms. The van der Waals surface area contributed by atoms with E-state index in [1.807, 2.05) is 0 Å². The van der Waals surface area contributed by atoms with Crippen LogP contribution in [0.5, 0.6) is 0 Å². The molecule has 1 aliphatic rings. The second-order valence-corrected chi connectivity index (χ2v) is 6.70. The molecule has 0 saturated carbocycles. The Balaban J connectivity index is 2.26. The molecular weight excluding hydrogens is 314 g/mol. The Morgan fingerprint density at radius 3 is 2.65 bits per heavy atom. The zero-order valence-corrected chi connectivity index (χ0v) is 13.8. The molecule has 0 fully saturated rings. The van der Waals surface area contributed by atoms with Crippen LogP contribution in [0.2, 0.25) is 0 Å². The average Bonchev–Trinajstić information content (AvgIpc) is 2.67. The first-order valence-electron chi connectivity index (χ1n) is 7.15. The second-order valence-electron chi connectivity index (χ2n) is 5.84. The molecule has 1 aliphatic carbocycles. The van der Waals surface area contributed by atoms with Gasteiger partial charge in [0.2, 0.25) is 0 Å². The smallest absolute Gasteiger partial charge is 0.0807 e. The van der Waals surface area contributed by atoms with Gasteiger partial charge >= 0.3 is 0 Å². The number of benzene rings is 1. The maximum absolute atomic E-state index is 10.2. The summed E-state index contributed by atoms with van der Waals surface area (Å²) in [5.41, 5.74) is 7.32. The molecule has 3 heteroatoms. The van der Waals surface area contributed by atoms with Gasteiger partial charge in [-0.1, -0.05) is 6.07 Å². The van der Waals surface area contributed by atoms with Gasteiger partial charge in [0.05, 0.1) is 11.8 Å². The van der Waals surface area contributed by atoms with Crippen molar-refractivity contribution in [1.82, 2.24) is 4.57 Å². The molecule has 1 aromatic carbocycles. The fourth-order valence-corrected chi connectivity index (χ4v) is 4.23. The number of aromatic nitrogens is 1. The van der Waals surface area contributed by atoms with Gasteiger partial charge < -0.3 is 9.67 Å². The van der Waals surface area contributed by atoms with Crippen molar-refractivity contribution in [3.8, 4) is 5.69 Å². The van der Waals surface area contributed by atoms with Crippen LogP contribution >= 0.6 is 15.9 Å². The highest BCUT2D eigenvalue weighted by atomic mass is 79.9. The number of aryl methyl sites for hydroxylation is 3. The lowest BCUT2D eigenvalue weighted by Gasteiger charge is -2.22. The van der Waals surface area contributed by atoms with E-state index in [0.29, 0.717) is 0 Å². The van der Waals surface area contributed by atoms with Crippen molar-refractivity contribution < 1.29 is 5.11 Å². The van der Waals surface area contributed by atoms with Gasteiger partial charge in [0.1, 0.15) is 0 Å². The second kappa shape index (κ2) is 5.05. The summed E-state index contributed by atoms with van der Waals surface area (Å²) >= 11 is 3.71. The third-order valence-electron chi connectivity index (χ3n) is 4.19. The fraction of sp³-hybridized carbons (Fsp3) is 0.412. The Hall–Kier alpha value is -1.06. The van der Waals surface area contributed by atoms with Gasteiger partial charge in [-0.15, -0.1) is 0 Å². The minimum Gasteiger partial charge on any atom is -0.388 e. The molecule has 3 rings (SSSR count). The summed E-state index contributed by atoms with van der Waals surface area (Å²) in [6, 6.07) is 6.52. The number of hydrogen-bond acceptors (Lipinski definition) is 1. The van der Waals surface area contributed by atoms with Crippen molar-refractivity contribution in [1.29, 1.82) is 0 Å². The lowest BCUT2D eigenvalue weighted by atomic mass is 9.95. The van der Waals surface area contributed by atoms with Crippen LogP contribution in [0, 0.1) is 20.8 Å². The van der Waals surface area contributed by atoms with Gasteiger partial charge in [-0.3, -0.25) is 0 Å². The standard InChI is InChI=1S/C17H20BrNO/c1-10-7-11(2)17(14(18)8-10)19-12(3)9-13-15(19)5-4-6-16(13)20/h7-9,16,20H,4-6H2,1-3H3. The van der Waals surface area contributed by atoms with Gasteiger partial charge in [-0.2, -0.15) is 0 Å². The lowest BCUT2D eigenvalue weighted by Crippen LogP contribution is -2.12. The van der Waals surface area contributed by atoms with Crippen molar-refractivity contribution in [2.45, 2.75) is 46.1 Å². The number of rotatable bonds is 1. The summed E-state index contributed by atoms with van der Waals surface area (Å²) in [5, 5.41) is 10.2. The van der Waals surface area contributed by atoms with E-state index in [0.717, 1.165) is 29.3 Å². The third-order valence-corrected chi connectivity index (χ3v) is 4.80. The molecule has 1 atom stereocenters. The van der Waals surface area contributed by atoms with Crippen LogP contribution < -0.4 is 0 Å². The first-order valence-corrected chi connectivity index (χ1v) is 7.94. The summed E-state index contributed by atoms with van der Waals surface area (Å²) < 4.78 is 3.44. The Morgan fingerprint density at radius 1 is 1.20 bits per heavy atom. The largest absolute Gasteiger partial charge is 0.388 e. The highest BCUT2D eigenvalue weighted by Gasteiger charge is 2.25. The number of halogens is 1. The molecule has 20 heavy (non-hydrogen) atoms. The molecule has 0 radical (unpaired) electrons. The molecule has 1 aromatic heterocycles. The fourth-order valence-electron chi connectivity index (χ4n) is 3.38. The number of aliphatic hydroxyl groups excluding tert-OH is 1. The van der Waals surface area contributed by atoms with E-state index in [1.54, 1.807) is 0 Å². The first kappa shape index (κ1) is 13.9. The Kier molecular flexibility index (Phi) is 3.51. The van der Waals surface area contributed by atoms with Crippen molar-refractivity contribution in [2.24, 2.45) is 0 Å². The molecule has 1 unspecified atom stereocenters. The van der Waals surface area contributed by atoms with Gasteiger partial charge in [-0.05, 0) is 79.2 Å². The quantitative estimate of drug-likeness (QED) is 0.814. The third kappa shape index (κ3) is 2.13. The van der Waals surface area contributed by atoms with E-state index in [9.17, 15) is 5.11 Å². The van der Waals surface area contributed by atoms with Gasteiger partial charge in [0, 0.05) is 21.4 Å². The predicted molar refractivity (Wildman–Crippen MR) is 85.6 cm³/mol. The maximum atomic E-state index is 10.2. The topological polar surface area (TPSA) is 25.2 Å². The van der Waals surface area contributed by atoms with E-state index in [2.05, 4.69) is 59.5 Å². The summed E-state index contributed by atoms with van der Waals surface area (Å²) in [5.74, 6) is 0. The molecule has 1 heterocycles. The van der Waals surface area contributed by atoms with E-state index < -0.39 is 0 Å². The zero-order valence-electron chi connectivity index (χ0n) is 12.2. The van der Waals surface area contributed by atoms with Crippen LogP contribution in [0.25, 0.3) is 5.69 Å². The minimum absolute atomic E-state index is 0.303. The predicted octanol–water partition coefficient (Wildman–Crippen LogP) is 4.53. The monoisotopic (exact) mass is 333 g/mol. The molecule has 2 aromatic rings. The van der Waals surface area contributed by atoms with Crippen molar-refractivity contribution in [3.63, 3.8) is 0 Å². The van der Waals surface area contributed by atoms with Crippen LogP contribution in [0.1, 0.15) is 47.0 Å². The summed E-state index contributed by atoms with van der Waals surface area (Å²) in [6.07, 6.45) is 2.67. The van der Waals surface area contributed by atoms with Crippen molar-refractivity contribution >= 4 is 15.9 Å². The van der Waals surface area contributed by atoms with Crippen molar-refractivity contribution in [3.05, 3.63) is 50.8 Å². The van der Waals surface area contributed by atoms with Crippen LogP contribution in [-0.4, -0.2) is 9.67 Å². The SMILES string of the molecule is Cc1cc(C)c(-n2c(C)cc3c2CCCC3O)c(Br)c1. The summed E-state index contributed by atoms with van der Waals surface area (Å²) in [6.45, 7) is 6.39. The average molecular weight is 334 g/mol. The highest BCUT2D eigenvalue weighted by molar-refractivity contribution is 9.10. The Labute approximate surface area is 128 Å². The van der Waals surface area contributed by atoms with E-state index in [1.165, 1.54) is 28.2 Å². The van der Waals surface area contributed by atoms with Gasteiger partial charge in [-0.25, -0.2) is 0 Å². The van der Waals surface area contributed by atoms with Gasteiger partial charge in [0.25, 0.3) is 0 Å². The van der Waals surface area contributed by atoms with Crippen molar-refractivity contribution in [2.75, 3.05) is 0 Å². The molecular formula is C17H20BrNO. The normalized spacial score (nSPS) is 18.1.